The van der Waals surface area contributed by atoms with Gasteiger partial charge < -0.3 is 24.8 Å². The standard InChI is InChI=1S/C26H32FNO5/c1-3-5-6-22-28-26(25(32-22)24(31)23(30)21(15-29)33-26)19-11-12-20(27)18(14-19)13-17-9-7-16(4-2)8-10-17/h7-12,14,21,23-25,29-31H,3-6,13,15H2,1-2H3/t21-,23-,24+,25?,26?/m1/s1. The lowest BCUT2D eigenvalue weighted by molar-refractivity contribution is -0.262. The van der Waals surface area contributed by atoms with Crippen molar-refractivity contribution in [2.24, 2.45) is 4.99 Å². The van der Waals surface area contributed by atoms with Gasteiger partial charge in [-0.3, -0.25) is 0 Å². The van der Waals surface area contributed by atoms with Crippen LogP contribution in [0.2, 0.25) is 0 Å². The molecular weight excluding hydrogens is 425 g/mol. The van der Waals surface area contributed by atoms with Gasteiger partial charge in [-0.15, -0.1) is 0 Å². The van der Waals surface area contributed by atoms with Crippen LogP contribution in [0.5, 0.6) is 0 Å². The molecule has 0 bridgehead atoms. The average Bonchev–Trinajstić information content (AvgIpc) is 3.21. The summed E-state index contributed by atoms with van der Waals surface area (Å²) >= 11 is 0. The summed E-state index contributed by atoms with van der Waals surface area (Å²) in [6, 6.07) is 12.7. The molecule has 5 atom stereocenters. The van der Waals surface area contributed by atoms with Gasteiger partial charge in [0.05, 0.1) is 6.61 Å². The molecule has 2 aromatic rings. The third-order valence-corrected chi connectivity index (χ3v) is 6.52. The van der Waals surface area contributed by atoms with E-state index in [1.54, 1.807) is 12.1 Å². The second-order valence-corrected chi connectivity index (χ2v) is 8.82. The van der Waals surface area contributed by atoms with Gasteiger partial charge >= 0.3 is 0 Å². The molecule has 7 heteroatoms. The molecule has 2 aliphatic heterocycles. The molecule has 0 saturated carbocycles. The van der Waals surface area contributed by atoms with E-state index in [0.29, 0.717) is 29.9 Å². The van der Waals surface area contributed by atoms with Crippen LogP contribution in [0.3, 0.4) is 0 Å². The van der Waals surface area contributed by atoms with Crippen LogP contribution in [0.15, 0.2) is 47.5 Å². The molecule has 33 heavy (non-hydrogen) atoms. The molecule has 4 rings (SSSR count). The summed E-state index contributed by atoms with van der Waals surface area (Å²) in [5, 5.41) is 31.0. The number of hydrogen-bond acceptors (Lipinski definition) is 6. The van der Waals surface area contributed by atoms with E-state index in [1.807, 2.05) is 24.3 Å². The normalized spacial score (nSPS) is 28.8. The minimum Gasteiger partial charge on any atom is -0.469 e. The number of benzene rings is 2. The van der Waals surface area contributed by atoms with Gasteiger partial charge in [0.2, 0.25) is 5.72 Å². The van der Waals surface area contributed by atoms with Crippen molar-refractivity contribution in [1.29, 1.82) is 0 Å². The predicted octanol–water partition coefficient (Wildman–Crippen LogP) is 3.23. The minimum absolute atomic E-state index is 0.351. The molecule has 3 N–H and O–H groups in total. The molecule has 2 aromatic carbocycles. The van der Waals surface area contributed by atoms with Crippen LogP contribution in [-0.4, -0.2) is 52.2 Å². The molecule has 0 spiro atoms. The highest BCUT2D eigenvalue weighted by atomic mass is 19.1. The molecule has 1 fully saturated rings. The second kappa shape index (κ2) is 9.89. The second-order valence-electron chi connectivity index (χ2n) is 8.82. The van der Waals surface area contributed by atoms with Crippen LogP contribution < -0.4 is 0 Å². The Bertz CT molecular complexity index is 995. The Morgan fingerprint density at radius 3 is 2.42 bits per heavy atom. The van der Waals surface area contributed by atoms with Crippen LogP contribution >= 0.6 is 0 Å². The van der Waals surface area contributed by atoms with Gasteiger partial charge in [-0.2, -0.15) is 0 Å². The molecule has 2 unspecified atom stereocenters. The van der Waals surface area contributed by atoms with Gasteiger partial charge in [-0.05, 0) is 41.7 Å². The van der Waals surface area contributed by atoms with Crippen molar-refractivity contribution in [2.75, 3.05) is 6.61 Å². The summed E-state index contributed by atoms with van der Waals surface area (Å²) in [5.41, 5.74) is 1.70. The van der Waals surface area contributed by atoms with E-state index in [2.05, 4.69) is 13.8 Å². The van der Waals surface area contributed by atoms with Crippen LogP contribution in [0, 0.1) is 5.82 Å². The molecule has 2 heterocycles. The Labute approximate surface area is 193 Å². The van der Waals surface area contributed by atoms with Gasteiger partial charge in [0.1, 0.15) is 24.1 Å². The third-order valence-electron chi connectivity index (χ3n) is 6.52. The van der Waals surface area contributed by atoms with E-state index in [1.165, 1.54) is 11.6 Å². The van der Waals surface area contributed by atoms with E-state index in [-0.39, 0.29) is 5.82 Å². The van der Waals surface area contributed by atoms with Crippen molar-refractivity contribution in [3.05, 3.63) is 70.5 Å². The largest absolute Gasteiger partial charge is 0.469 e. The van der Waals surface area contributed by atoms with E-state index in [0.717, 1.165) is 24.8 Å². The minimum atomic E-state index is -1.47. The fourth-order valence-electron chi connectivity index (χ4n) is 4.53. The predicted molar refractivity (Wildman–Crippen MR) is 123 cm³/mol. The van der Waals surface area contributed by atoms with Crippen LogP contribution in [0.4, 0.5) is 4.39 Å². The van der Waals surface area contributed by atoms with Gasteiger partial charge in [-0.1, -0.05) is 50.6 Å². The fraction of sp³-hybridized carbons (Fsp3) is 0.500. The lowest BCUT2D eigenvalue weighted by Gasteiger charge is -2.44. The summed E-state index contributed by atoms with van der Waals surface area (Å²) < 4.78 is 26.9. The number of fused-ring (bicyclic) bond motifs is 1. The molecule has 1 saturated heterocycles. The maximum Gasteiger partial charge on any atom is 0.228 e. The van der Waals surface area contributed by atoms with E-state index < -0.39 is 36.7 Å². The smallest absolute Gasteiger partial charge is 0.228 e. The molecule has 178 valence electrons. The first kappa shape index (κ1) is 23.8. The molecule has 0 aromatic heterocycles. The summed E-state index contributed by atoms with van der Waals surface area (Å²) in [4.78, 5) is 4.70. The van der Waals surface area contributed by atoms with Crippen molar-refractivity contribution >= 4 is 5.90 Å². The van der Waals surface area contributed by atoms with Crippen molar-refractivity contribution in [3.63, 3.8) is 0 Å². The first-order chi connectivity index (χ1) is 15.9. The lowest BCUT2D eigenvalue weighted by Crippen LogP contribution is -2.61. The Morgan fingerprint density at radius 1 is 1.03 bits per heavy atom. The number of rotatable bonds is 8. The number of halogens is 1. The van der Waals surface area contributed by atoms with Crippen molar-refractivity contribution < 1.29 is 29.2 Å². The summed E-state index contributed by atoms with van der Waals surface area (Å²) in [7, 11) is 0. The summed E-state index contributed by atoms with van der Waals surface area (Å²) in [5.74, 6) is 0.0724. The van der Waals surface area contributed by atoms with Crippen molar-refractivity contribution in [1.82, 2.24) is 0 Å². The maximum atomic E-state index is 14.8. The number of hydrogen-bond donors (Lipinski definition) is 3. The number of nitrogens with zero attached hydrogens (tertiary/aromatic N) is 1. The highest BCUT2D eigenvalue weighted by Crippen LogP contribution is 2.45. The zero-order chi connectivity index (χ0) is 23.6. The third kappa shape index (κ3) is 4.55. The first-order valence-corrected chi connectivity index (χ1v) is 11.7. The Hall–Kier alpha value is -2.32. The number of aliphatic hydroxyl groups excluding tert-OH is 3. The molecule has 6 nitrogen and oxygen atoms in total. The van der Waals surface area contributed by atoms with Crippen LogP contribution in [0.25, 0.3) is 0 Å². The average molecular weight is 458 g/mol. The lowest BCUT2D eigenvalue weighted by atomic mass is 9.85. The van der Waals surface area contributed by atoms with Crippen molar-refractivity contribution in [2.45, 2.75) is 76.1 Å². The van der Waals surface area contributed by atoms with Crippen LogP contribution in [0.1, 0.15) is 55.4 Å². The SMILES string of the molecule is CCCCC1=NC2(c3ccc(F)c(Cc4ccc(CC)cc4)c3)O[C@H](CO)[C@@H](O)[C@H](O)C2O1. The zero-order valence-electron chi connectivity index (χ0n) is 19.1. The molecule has 0 amide bonds. The quantitative estimate of drug-likeness (QED) is 0.566. The van der Waals surface area contributed by atoms with Gasteiger partial charge in [0.15, 0.2) is 12.0 Å². The van der Waals surface area contributed by atoms with E-state index in [4.69, 9.17) is 14.5 Å². The highest BCUT2D eigenvalue weighted by Gasteiger charge is 2.60. The van der Waals surface area contributed by atoms with Gasteiger partial charge in [-0.25, -0.2) is 9.38 Å². The monoisotopic (exact) mass is 457 g/mol. The number of ether oxygens (including phenoxy) is 2. The summed E-state index contributed by atoms with van der Waals surface area (Å²) in [6.45, 7) is 3.64. The molecule has 2 aliphatic rings. The maximum absolute atomic E-state index is 14.8. The Balaban J connectivity index is 1.73. The highest BCUT2D eigenvalue weighted by molar-refractivity contribution is 5.79. The van der Waals surface area contributed by atoms with Crippen molar-refractivity contribution in [3.8, 4) is 0 Å². The number of aliphatic imine (C=N–C) groups is 1. The van der Waals surface area contributed by atoms with Crippen LogP contribution in [-0.2, 0) is 28.0 Å². The zero-order valence-corrected chi connectivity index (χ0v) is 19.1. The summed E-state index contributed by atoms with van der Waals surface area (Å²) in [6.07, 6.45) is -1.05. The molecular formula is C26H32FNO5. The first-order valence-electron chi connectivity index (χ1n) is 11.7. The van der Waals surface area contributed by atoms with E-state index in [9.17, 15) is 19.7 Å². The molecule has 0 radical (unpaired) electrons. The molecule has 0 aliphatic carbocycles. The number of unbranched alkanes of at least 4 members (excludes halogenated alkanes) is 1. The number of aliphatic hydroxyl groups is 3. The number of aryl methyl sites for hydroxylation is 1. The van der Waals surface area contributed by atoms with E-state index >= 15 is 0 Å². The fourth-order valence-corrected chi connectivity index (χ4v) is 4.53. The van der Waals surface area contributed by atoms with Gasteiger partial charge in [0, 0.05) is 18.4 Å². The Kier molecular flexibility index (Phi) is 7.14. The van der Waals surface area contributed by atoms with Gasteiger partial charge in [0.25, 0.3) is 0 Å². The topological polar surface area (TPSA) is 91.5 Å². The Morgan fingerprint density at radius 2 is 1.76 bits per heavy atom.